The molecule has 1 aromatic carbocycles. The van der Waals surface area contributed by atoms with Crippen LogP contribution >= 0.6 is 0 Å². The Balaban J connectivity index is 3.23. The first-order valence-electron chi connectivity index (χ1n) is 3.57. The van der Waals surface area contributed by atoms with E-state index in [1.807, 2.05) is 5.43 Å². The molecule has 3 N–H and O–H groups in total. The van der Waals surface area contributed by atoms with Crippen molar-refractivity contribution in [2.45, 2.75) is 6.18 Å². The predicted molar refractivity (Wildman–Crippen MR) is 44.0 cm³/mol. The van der Waals surface area contributed by atoms with Crippen molar-refractivity contribution in [1.82, 2.24) is 0 Å². The number of alkyl halides is 3. The minimum absolute atomic E-state index is 0.0395. The molecule has 0 aliphatic carbocycles. The minimum atomic E-state index is -4.43. The molecule has 0 aromatic heterocycles. The molecule has 0 saturated heterocycles. The molecule has 0 radical (unpaired) electrons. The van der Waals surface area contributed by atoms with Crippen LogP contribution in [0, 0.1) is 11.3 Å². The maximum atomic E-state index is 12.2. The third kappa shape index (κ3) is 1.95. The van der Waals surface area contributed by atoms with E-state index in [1.54, 1.807) is 6.07 Å². The monoisotopic (exact) mass is 201 g/mol. The van der Waals surface area contributed by atoms with Gasteiger partial charge < -0.3 is 5.43 Å². The number of nitrogen functional groups attached to an aromatic ring is 1. The SMILES string of the molecule is N#Cc1ccc(C(F)(F)F)cc1NN. The highest BCUT2D eigenvalue weighted by Crippen LogP contribution is 2.31. The van der Waals surface area contributed by atoms with E-state index in [0.717, 1.165) is 18.2 Å². The van der Waals surface area contributed by atoms with Crippen molar-refractivity contribution >= 4 is 5.69 Å². The molecule has 3 nitrogen and oxygen atoms in total. The van der Waals surface area contributed by atoms with E-state index < -0.39 is 11.7 Å². The van der Waals surface area contributed by atoms with E-state index >= 15 is 0 Å². The zero-order valence-corrected chi connectivity index (χ0v) is 6.89. The summed E-state index contributed by atoms with van der Waals surface area (Å²) in [5.74, 6) is 4.97. The van der Waals surface area contributed by atoms with Crippen molar-refractivity contribution in [3.63, 3.8) is 0 Å². The van der Waals surface area contributed by atoms with Crippen molar-refractivity contribution < 1.29 is 13.2 Å². The number of hydrazine groups is 1. The zero-order chi connectivity index (χ0) is 10.8. The number of nitriles is 1. The van der Waals surface area contributed by atoms with Crippen molar-refractivity contribution in [1.29, 1.82) is 5.26 Å². The average molecular weight is 201 g/mol. The molecule has 0 aliphatic heterocycles. The van der Waals surface area contributed by atoms with Gasteiger partial charge in [0.25, 0.3) is 0 Å². The van der Waals surface area contributed by atoms with Crippen molar-refractivity contribution in [3.05, 3.63) is 29.3 Å². The number of rotatable bonds is 1. The maximum Gasteiger partial charge on any atom is 0.416 e. The fourth-order valence-electron chi connectivity index (χ4n) is 0.937. The van der Waals surface area contributed by atoms with Crippen LogP contribution in [-0.4, -0.2) is 0 Å². The minimum Gasteiger partial charge on any atom is -0.323 e. The Morgan fingerprint density at radius 1 is 1.36 bits per heavy atom. The fraction of sp³-hybridized carbons (Fsp3) is 0.125. The molecule has 0 amide bonds. The quantitative estimate of drug-likeness (QED) is 0.538. The van der Waals surface area contributed by atoms with Crippen molar-refractivity contribution in [3.8, 4) is 6.07 Å². The van der Waals surface area contributed by atoms with Crippen LogP contribution in [-0.2, 0) is 6.18 Å². The van der Waals surface area contributed by atoms with Crippen molar-refractivity contribution in [2.24, 2.45) is 5.84 Å². The lowest BCUT2D eigenvalue weighted by Gasteiger charge is -2.09. The van der Waals surface area contributed by atoms with Crippen LogP contribution in [0.1, 0.15) is 11.1 Å². The highest BCUT2D eigenvalue weighted by Gasteiger charge is 2.30. The Hall–Kier alpha value is -1.74. The van der Waals surface area contributed by atoms with E-state index in [1.165, 1.54) is 0 Å². The molecule has 0 fully saturated rings. The van der Waals surface area contributed by atoms with Gasteiger partial charge in [0.15, 0.2) is 0 Å². The Morgan fingerprint density at radius 2 is 2.00 bits per heavy atom. The summed E-state index contributed by atoms with van der Waals surface area (Å²) in [5.41, 5.74) is 1.22. The second-order valence-electron chi connectivity index (χ2n) is 2.51. The third-order valence-electron chi connectivity index (χ3n) is 1.62. The first kappa shape index (κ1) is 10.3. The average Bonchev–Trinajstić information content (AvgIpc) is 2.15. The normalized spacial score (nSPS) is 10.8. The van der Waals surface area contributed by atoms with Gasteiger partial charge in [-0.3, -0.25) is 5.84 Å². The first-order chi connectivity index (χ1) is 6.49. The number of nitrogens with one attached hydrogen (secondary N) is 1. The largest absolute Gasteiger partial charge is 0.416 e. The number of hydrogen-bond donors (Lipinski definition) is 2. The molecule has 6 heteroatoms. The maximum absolute atomic E-state index is 12.2. The number of halogens is 3. The molecule has 0 spiro atoms. The molecule has 1 aromatic rings. The Bertz CT molecular complexity index is 378. The molecule has 14 heavy (non-hydrogen) atoms. The summed E-state index contributed by atoms with van der Waals surface area (Å²) in [4.78, 5) is 0. The number of hydrogen-bond acceptors (Lipinski definition) is 3. The lowest BCUT2D eigenvalue weighted by Crippen LogP contribution is -2.11. The molecule has 0 aliphatic rings. The number of benzene rings is 1. The smallest absolute Gasteiger partial charge is 0.323 e. The molecular weight excluding hydrogens is 195 g/mol. The van der Waals surface area contributed by atoms with Gasteiger partial charge in [-0.25, -0.2) is 0 Å². The summed E-state index contributed by atoms with van der Waals surface area (Å²) < 4.78 is 36.6. The predicted octanol–water partition coefficient (Wildman–Crippen LogP) is 1.86. The van der Waals surface area contributed by atoms with Gasteiger partial charge in [-0.15, -0.1) is 0 Å². The highest BCUT2D eigenvalue weighted by atomic mass is 19.4. The second kappa shape index (κ2) is 3.55. The van der Waals surface area contributed by atoms with Gasteiger partial charge in [0.2, 0.25) is 0 Å². The number of nitrogens with two attached hydrogens (primary N) is 1. The molecule has 0 bridgehead atoms. The molecule has 74 valence electrons. The Kier molecular flexibility index (Phi) is 2.63. The molecule has 1 rings (SSSR count). The van der Waals surface area contributed by atoms with Crippen LogP contribution in [0.5, 0.6) is 0 Å². The van der Waals surface area contributed by atoms with Crippen LogP contribution in [0.25, 0.3) is 0 Å². The fourth-order valence-corrected chi connectivity index (χ4v) is 0.937. The highest BCUT2D eigenvalue weighted by molar-refractivity contribution is 5.58. The van der Waals surface area contributed by atoms with Gasteiger partial charge in [0.05, 0.1) is 16.8 Å². The van der Waals surface area contributed by atoms with E-state index in [-0.39, 0.29) is 11.3 Å². The van der Waals surface area contributed by atoms with Crippen LogP contribution in [0.2, 0.25) is 0 Å². The number of nitrogens with zero attached hydrogens (tertiary/aromatic N) is 1. The van der Waals surface area contributed by atoms with Gasteiger partial charge >= 0.3 is 6.18 Å². The Labute approximate surface area is 77.9 Å². The van der Waals surface area contributed by atoms with Gasteiger partial charge in [0, 0.05) is 0 Å². The molecule has 0 heterocycles. The molecule has 0 atom stereocenters. The van der Waals surface area contributed by atoms with Gasteiger partial charge in [0.1, 0.15) is 6.07 Å². The third-order valence-corrected chi connectivity index (χ3v) is 1.62. The molecular formula is C8H6F3N3. The van der Waals surface area contributed by atoms with E-state index in [2.05, 4.69) is 0 Å². The summed E-state index contributed by atoms with van der Waals surface area (Å²) >= 11 is 0. The standard InChI is InChI=1S/C8H6F3N3/c9-8(10,11)6-2-1-5(4-12)7(3-6)14-13/h1-3,14H,13H2. The van der Waals surface area contributed by atoms with Gasteiger partial charge in [-0.2, -0.15) is 18.4 Å². The first-order valence-corrected chi connectivity index (χ1v) is 3.57. The van der Waals surface area contributed by atoms with E-state index in [0.29, 0.717) is 0 Å². The van der Waals surface area contributed by atoms with Crippen LogP contribution < -0.4 is 11.3 Å². The lowest BCUT2D eigenvalue weighted by molar-refractivity contribution is -0.137. The zero-order valence-electron chi connectivity index (χ0n) is 6.89. The summed E-state index contributed by atoms with van der Waals surface area (Å²) in [6.07, 6.45) is -4.43. The van der Waals surface area contributed by atoms with Gasteiger partial charge in [-0.1, -0.05) is 0 Å². The van der Waals surface area contributed by atoms with E-state index in [4.69, 9.17) is 11.1 Å². The second-order valence-corrected chi connectivity index (χ2v) is 2.51. The molecule has 0 unspecified atom stereocenters. The lowest BCUT2D eigenvalue weighted by atomic mass is 10.1. The van der Waals surface area contributed by atoms with E-state index in [9.17, 15) is 13.2 Å². The van der Waals surface area contributed by atoms with Gasteiger partial charge in [-0.05, 0) is 18.2 Å². The summed E-state index contributed by atoms with van der Waals surface area (Å²) in [6.45, 7) is 0. The molecule has 0 saturated carbocycles. The number of anilines is 1. The van der Waals surface area contributed by atoms with Crippen molar-refractivity contribution in [2.75, 3.05) is 5.43 Å². The van der Waals surface area contributed by atoms with Crippen LogP contribution in [0.15, 0.2) is 18.2 Å². The topological polar surface area (TPSA) is 61.8 Å². The van der Waals surface area contributed by atoms with Crippen LogP contribution in [0.4, 0.5) is 18.9 Å². The summed E-state index contributed by atoms with van der Waals surface area (Å²) in [5, 5.41) is 8.52. The Morgan fingerprint density at radius 3 is 2.43 bits per heavy atom. The summed E-state index contributed by atoms with van der Waals surface area (Å²) in [6, 6.07) is 4.41. The van der Waals surface area contributed by atoms with Crippen LogP contribution in [0.3, 0.4) is 0 Å². The summed E-state index contributed by atoms with van der Waals surface area (Å²) in [7, 11) is 0.